The SMILES string of the molecule is CC12CCC(COC34CCC(O)(CC3)CC4)(C=C1F)CC2. The van der Waals surface area contributed by atoms with Crippen molar-refractivity contribution in [2.24, 2.45) is 10.8 Å². The zero-order chi connectivity index (χ0) is 14.8. The lowest BCUT2D eigenvalue weighted by molar-refractivity contribution is -0.181. The van der Waals surface area contributed by atoms with Gasteiger partial charge in [0.25, 0.3) is 0 Å². The van der Waals surface area contributed by atoms with Crippen molar-refractivity contribution in [3.8, 4) is 0 Å². The van der Waals surface area contributed by atoms with Crippen LogP contribution in [0, 0.1) is 10.8 Å². The number of halogens is 1. The van der Waals surface area contributed by atoms with Gasteiger partial charge in [0.05, 0.1) is 17.8 Å². The maximum atomic E-state index is 14.3. The second-order valence-electron chi connectivity index (χ2n) is 8.61. The van der Waals surface area contributed by atoms with E-state index in [1.807, 2.05) is 6.08 Å². The summed E-state index contributed by atoms with van der Waals surface area (Å²) >= 11 is 0. The summed E-state index contributed by atoms with van der Waals surface area (Å²) in [7, 11) is 0. The topological polar surface area (TPSA) is 29.5 Å². The van der Waals surface area contributed by atoms with E-state index in [0.29, 0.717) is 6.61 Å². The number of hydrogen-bond acceptors (Lipinski definition) is 2. The van der Waals surface area contributed by atoms with Gasteiger partial charge in [0.15, 0.2) is 0 Å². The number of allylic oxidation sites excluding steroid dienone is 1. The molecule has 0 saturated heterocycles. The normalized spacial score (nSPS) is 52.0. The van der Waals surface area contributed by atoms with Gasteiger partial charge in [-0.25, -0.2) is 4.39 Å². The van der Waals surface area contributed by atoms with E-state index < -0.39 is 5.60 Å². The van der Waals surface area contributed by atoms with E-state index in [9.17, 15) is 9.50 Å². The van der Waals surface area contributed by atoms with E-state index in [4.69, 9.17) is 4.74 Å². The fourth-order valence-corrected chi connectivity index (χ4v) is 4.96. The standard InChI is InChI=1S/C18H27FO2/c1-15-2-4-16(5-3-15,12-14(15)19)13-21-18-9-6-17(20,7-10-18)8-11-18/h12,20H,2-11,13H2,1H3. The molecule has 3 heteroatoms. The largest absolute Gasteiger partial charge is 0.390 e. The molecule has 0 amide bonds. The summed E-state index contributed by atoms with van der Waals surface area (Å²) in [6.45, 7) is 2.74. The molecule has 0 heterocycles. The Kier molecular flexibility index (Phi) is 2.92. The molecule has 21 heavy (non-hydrogen) atoms. The molecule has 0 spiro atoms. The molecule has 118 valence electrons. The first-order chi connectivity index (χ1) is 9.87. The molecule has 0 unspecified atom stereocenters. The number of rotatable bonds is 3. The molecule has 1 N–H and O–H groups in total. The average molecular weight is 294 g/mol. The smallest absolute Gasteiger partial charge is 0.102 e. The van der Waals surface area contributed by atoms with Crippen molar-refractivity contribution in [3.63, 3.8) is 0 Å². The van der Waals surface area contributed by atoms with Crippen LogP contribution in [0.5, 0.6) is 0 Å². The highest BCUT2D eigenvalue weighted by molar-refractivity contribution is 5.21. The first-order valence-electron chi connectivity index (χ1n) is 8.62. The van der Waals surface area contributed by atoms with Crippen molar-refractivity contribution in [1.82, 2.24) is 0 Å². The Labute approximate surface area is 126 Å². The molecule has 0 aromatic carbocycles. The fourth-order valence-electron chi connectivity index (χ4n) is 4.96. The second kappa shape index (κ2) is 4.32. The van der Waals surface area contributed by atoms with Gasteiger partial charge in [0, 0.05) is 10.8 Å². The number of ether oxygens (including phenoxy) is 1. The van der Waals surface area contributed by atoms with Crippen LogP contribution in [-0.4, -0.2) is 22.9 Å². The van der Waals surface area contributed by atoms with Gasteiger partial charge in [-0.3, -0.25) is 0 Å². The molecule has 0 atom stereocenters. The van der Waals surface area contributed by atoms with E-state index in [1.165, 1.54) is 0 Å². The lowest BCUT2D eigenvalue weighted by atomic mass is 9.58. The van der Waals surface area contributed by atoms with Crippen LogP contribution in [-0.2, 0) is 4.74 Å². The molecule has 0 aromatic heterocycles. The van der Waals surface area contributed by atoms with Crippen molar-refractivity contribution >= 4 is 0 Å². The molecule has 6 rings (SSSR count). The highest BCUT2D eigenvalue weighted by Gasteiger charge is 2.51. The van der Waals surface area contributed by atoms with Crippen molar-refractivity contribution in [3.05, 3.63) is 11.9 Å². The van der Waals surface area contributed by atoms with Gasteiger partial charge in [-0.1, -0.05) is 6.92 Å². The average Bonchev–Trinajstić information content (AvgIpc) is 2.49. The van der Waals surface area contributed by atoms with Crippen LogP contribution in [0.3, 0.4) is 0 Å². The van der Waals surface area contributed by atoms with E-state index in [-0.39, 0.29) is 22.3 Å². The van der Waals surface area contributed by atoms with Gasteiger partial charge >= 0.3 is 0 Å². The predicted octanol–water partition coefficient (Wildman–Crippen LogP) is 4.27. The molecule has 6 aliphatic rings. The Balaban J connectivity index is 1.46. The van der Waals surface area contributed by atoms with Crippen LogP contribution < -0.4 is 0 Å². The van der Waals surface area contributed by atoms with Crippen LogP contribution in [0.15, 0.2) is 11.9 Å². The lowest BCUT2D eigenvalue weighted by Gasteiger charge is -2.53. The maximum Gasteiger partial charge on any atom is 0.102 e. The highest BCUT2D eigenvalue weighted by Crippen LogP contribution is 2.57. The van der Waals surface area contributed by atoms with E-state index in [0.717, 1.165) is 64.2 Å². The molecule has 0 aromatic rings. The minimum absolute atomic E-state index is 0.0260. The molecular formula is C18H27FO2. The third kappa shape index (κ3) is 2.19. The maximum absolute atomic E-state index is 14.3. The van der Waals surface area contributed by atoms with E-state index >= 15 is 0 Å². The Hall–Kier alpha value is -0.410. The molecule has 4 fully saturated rings. The molecule has 6 aliphatic carbocycles. The molecule has 0 aliphatic heterocycles. The van der Waals surface area contributed by atoms with Crippen molar-refractivity contribution in [1.29, 1.82) is 0 Å². The second-order valence-corrected chi connectivity index (χ2v) is 8.61. The molecule has 0 radical (unpaired) electrons. The van der Waals surface area contributed by atoms with Gasteiger partial charge in [-0.05, 0) is 70.3 Å². The number of fused-ring (bicyclic) bond motifs is 5. The summed E-state index contributed by atoms with van der Waals surface area (Å²) < 4.78 is 20.7. The molecule has 4 bridgehead atoms. The Morgan fingerprint density at radius 2 is 1.57 bits per heavy atom. The van der Waals surface area contributed by atoms with Gasteiger partial charge < -0.3 is 9.84 Å². The first kappa shape index (κ1) is 14.2. The highest BCUT2D eigenvalue weighted by atomic mass is 19.1. The summed E-state index contributed by atoms with van der Waals surface area (Å²) in [5, 5.41) is 10.3. The summed E-state index contributed by atoms with van der Waals surface area (Å²) in [6.07, 6.45) is 11.5. The Morgan fingerprint density at radius 3 is 2.10 bits per heavy atom. The first-order valence-corrected chi connectivity index (χ1v) is 8.62. The zero-order valence-electron chi connectivity index (χ0n) is 13.1. The summed E-state index contributed by atoms with van der Waals surface area (Å²) in [5.74, 6) is 0.0998. The van der Waals surface area contributed by atoms with Gasteiger partial charge in [0.2, 0.25) is 0 Å². The zero-order valence-corrected chi connectivity index (χ0v) is 13.1. The van der Waals surface area contributed by atoms with Gasteiger partial charge in [-0.2, -0.15) is 0 Å². The van der Waals surface area contributed by atoms with Gasteiger partial charge in [-0.15, -0.1) is 0 Å². The quantitative estimate of drug-likeness (QED) is 0.842. The van der Waals surface area contributed by atoms with E-state index in [2.05, 4.69) is 6.92 Å². The van der Waals surface area contributed by atoms with Gasteiger partial charge in [0.1, 0.15) is 5.83 Å². The van der Waals surface area contributed by atoms with Crippen LogP contribution in [0.25, 0.3) is 0 Å². The molecular weight excluding hydrogens is 267 g/mol. The lowest BCUT2D eigenvalue weighted by Crippen LogP contribution is -2.52. The van der Waals surface area contributed by atoms with Crippen molar-refractivity contribution in [2.45, 2.75) is 82.3 Å². The molecule has 2 nitrogen and oxygen atoms in total. The summed E-state index contributed by atoms with van der Waals surface area (Å²) in [4.78, 5) is 0. The number of aliphatic hydroxyl groups is 1. The van der Waals surface area contributed by atoms with Crippen LogP contribution >= 0.6 is 0 Å². The third-order valence-electron chi connectivity index (χ3n) is 7.16. The van der Waals surface area contributed by atoms with Crippen LogP contribution in [0.4, 0.5) is 4.39 Å². The van der Waals surface area contributed by atoms with E-state index in [1.54, 1.807) is 0 Å². The third-order valence-corrected chi connectivity index (χ3v) is 7.16. The van der Waals surface area contributed by atoms with Crippen molar-refractivity contribution in [2.75, 3.05) is 6.61 Å². The monoisotopic (exact) mass is 294 g/mol. The van der Waals surface area contributed by atoms with Crippen LogP contribution in [0.2, 0.25) is 0 Å². The predicted molar refractivity (Wildman–Crippen MR) is 79.5 cm³/mol. The number of hydrogen-bond donors (Lipinski definition) is 1. The summed E-state index contributed by atoms with van der Waals surface area (Å²) in [5.41, 5.74) is -0.678. The Morgan fingerprint density at radius 1 is 1.00 bits per heavy atom. The fraction of sp³-hybridized carbons (Fsp3) is 0.889. The van der Waals surface area contributed by atoms with Crippen molar-refractivity contribution < 1.29 is 14.2 Å². The van der Waals surface area contributed by atoms with Crippen LogP contribution in [0.1, 0.15) is 71.1 Å². The summed E-state index contributed by atoms with van der Waals surface area (Å²) in [6, 6.07) is 0. The molecule has 4 saturated carbocycles. The minimum atomic E-state index is -0.410. The Bertz CT molecular complexity index is 449. The minimum Gasteiger partial charge on any atom is -0.390 e.